The molecule has 6 N–H and O–H groups in total. The minimum absolute atomic E-state index is 0.00805. The molecular formula is C60H69N2O8S2-. The monoisotopic (exact) mass is 1010 g/mol. The van der Waals surface area contributed by atoms with Crippen molar-refractivity contribution in [1.82, 2.24) is 10.3 Å². The number of carbonyl (C=O) groups excluding carboxylic acids is 1. The molecule has 10 rings (SSSR count). The minimum Gasteiger partial charge on any atom is -0.670 e. The number of aryl methyl sites for hydroxylation is 1. The van der Waals surface area contributed by atoms with Gasteiger partial charge in [0.05, 0.1) is 30.8 Å². The molecule has 3 saturated carbocycles. The number of aromatic nitrogens is 1. The number of phenols is 3. The van der Waals surface area contributed by atoms with Crippen LogP contribution in [0, 0.1) is 17.8 Å². The van der Waals surface area contributed by atoms with Crippen molar-refractivity contribution in [3.05, 3.63) is 147 Å². The van der Waals surface area contributed by atoms with Crippen molar-refractivity contribution in [2.75, 3.05) is 19.9 Å². The van der Waals surface area contributed by atoms with Gasteiger partial charge in [-0.25, -0.2) is 0 Å². The van der Waals surface area contributed by atoms with E-state index in [0.29, 0.717) is 53.4 Å². The highest BCUT2D eigenvalue weighted by Crippen LogP contribution is 2.52. The second-order valence-electron chi connectivity index (χ2n) is 21.1. The Bertz CT molecular complexity index is 2890. The predicted molar refractivity (Wildman–Crippen MR) is 288 cm³/mol. The van der Waals surface area contributed by atoms with Crippen molar-refractivity contribution in [2.45, 2.75) is 132 Å². The summed E-state index contributed by atoms with van der Waals surface area (Å²) < 4.78 is 12.5. The van der Waals surface area contributed by atoms with E-state index in [4.69, 9.17) is 9.47 Å². The van der Waals surface area contributed by atoms with Crippen molar-refractivity contribution in [1.29, 1.82) is 0 Å². The van der Waals surface area contributed by atoms with Gasteiger partial charge in [-0.2, -0.15) is 12.4 Å². The average Bonchev–Trinajstić information content (AvgIpc) is 4.21. The zero-order valence-corrected chi connectivity index (χ0v) is 43.4. The van der Waals surface area contributed by atoms with Gasteiger partial charge in [-0.05, 0) is 170 Å². The zero-order chi connectivity index (χ0) is 50.1. The Morgan fingerprint density at radius 3 is 2.38 bits per heavy atom. The second-order valence-corrected chi connectivity index (χ2v) is 23.6. The number of rotatable bonds is 11. The summed E-state index contributed by atoms with van der Waals surface area (Å²) in [6, 6.07) is 27.1. The number of aromatic hydroxyl groups is 3. The quantitative estimate of drug-likeness (QED) is 0.0682. The second kappa shape index (κ2) is 21.4. The van der Waals surface area contributed by atoms with Crippen LogP contribution >= 0.6 is 21.6 Å². The third-order valence-corrected chi connectivity index (χ3v) is 19.4. The fourth-order valence-electron chi connectivity index (χ4n) is 13.2. The third-order valence-electron chi connectivity index (χ3n) is 17.0. The molecule has 10 nitrogen and oxygen atoms in total. The molecule has 0 saturated heterocycles. The predicted octanol–water partition coefficient (Wildman–Crippen LogP) is 10.8. The van der Waals surface area contributed by atoms with Crippen LogP contribution in [0.2, 0.25) is 0 Å². The first-order valence-corrected chi connectivity index (χ1v) is 28.6. The van der Waals surface area contributed by atoms with Gasteiger partial charge in [0, 0.05) is 34.9 Å². The highest BCUT2D eigenvalue weighted by atomic mass is 33.1. The number of carbonyl (C=O) groups is 1. The van der Waals surface area contributed by atoms with Crippen LogP contribution in [0.4, 0.5) is 0 Å². The molecule has 6 atom stereocenters. The van der Waals surface area contributed by atoms with E-state index in [-0.39, 0.29) is 42.0 Å². The summed E-state index contributed by atoms with van der Waals surface area (Å²) in [6.45, 7) is 2.17. The number of aliphatic hydroxyl groups excluding tert-OH is 2. The molecule has 0 amide bonds. The molecule has 72 heavy (non-hydrogen) atoms. The Labute approximate surface area is 431 Å². The molecule has 6 aromatic rings. The summed E-state index contributed by atoms with van der Waals surface area (Å²) in [6.07, 6.45) is 11.1. The van der Waals surface area contributed by atoms with Crippen LogP contribution < -0.4 is 19.8 Å². The molecule has 4 aliphatic rings. The van der Waals surface area contributed by atoms with Crippen LogP contribution in [0.15, 0.2) is 97.3 Å². The smallest absolute Gasteiger partial charge is 0.164 e. The lowest BCUT2D eigenvalue weighted by atomic mass is 9.55. The fourth-order valence-corrected chi connectivity index (χ4v) is 15.7. The number of hydrogen-bond donors (Lipinski definition) is 6. The van der Waals surface area contributed by atoms with Crippen molar-refractivity contribution in [3.8, 4) is 28.7 Å². The number of fused-ring (bicyclic) bond motifs is 2. The number of hydrogen-bond acceptors (Lipinski definition) is 11. The largest absolute Gasteiger partial charge is 0.670 e. The molecule has 12 heteroatoms. The summed E-state index contributed by atoms with van der Waals surface area (Å²) in [5.74, 6) is -0.202. The molecule has 1 aromatic heterocycles. The Hall–Kier alpha value is -5.11. The molecule has 0 spiro atoms. The van der Waals surface area contributed by atoms with Crippen LogP contribution in [0.1, 0.15) is 115 Å². The lowest BCUT2D eigenvalue weighted by Crippen LogP contribution is -2.61. The van der Waals surface area contributed by atoms with Crippen LogP contribution in [-0.2, 0) is 53.6 Å². The molecule has 3 fully saturated rings. The molecule has 5 aromatic carbocycles. The summed E-state index contributed by atoms with van der Waals surface area (Å²) in [5.41, 5.74) is 6.25. The van der Waals surface area contributed by atoms with Gasteiger partial charge < -0.3 is 45.3 Å². The van der Waals surface area contributed by atoms with Gasteiger partial charge in [-0.15, -0.1) is 0 Å². The minimum atomic E-state index is -1.63. The lowest BCUT2D eigenvalue weighted by Gasteiger charge is -2.49. The van der Waals surface area contributed by atoms with E-state index in [0.717, 1.165) is 85.4 Å². The van der Waals surface area contributed by atoms with Gasteiger partial charge >= 0.3 is 0 Å². The topological polar surface area (TPSA) is 163 Å². The van der Waals surface area contributed by atoms with E-state index in [2.05, 4.69) is 47.6 Å². The van der Waals surface area contributed by atoms with E-state index in [9.17, 15) is 25.5 Å². The van der Waals surface area contributed by atoms with E-state index >= 15 is 4.79 Å². The number of aliphatic hydroxyl groups is 2. The standard InChI is InChI=1S/C60H69N2O8S2/c1-4-38-15-16-39-10-9-11-41-34-71-72-35-43-27-53(66)60(32-36-14-18-50(64)52(25-36)70-47-12-5-6-13-47,45-28-44(29-46(63)30-45)59(61-2)21-7-8-22-59)58(68)55(43)56(67)42(24-37-20-23-62-33-37)26-40-17-19-51(65)57(69-3)49(40)31-48(38)54(39)41/h9-11,14-20,23,25,28-30,33,42-43,47,53,55-56,61,63-67H,4-8,12-13,21-22,24,26-27,31-32,34-35H2,1-3H3/q-1/t42-,43+,53-,55-,56+,60-/m1/s1. The van der Waals surface area contributed by atoms with Gasteiger partial charge in [0.15, 0.2) is 28.8 Å². The SMILES string of the molecule is CCc1ccc2cccc3c2c1Cc1c(ccc(O)c1OC)C[C@@H](Cc1cc[n-]c1)[C@H](O)[C@@H]1C(=O)[C@](Cc2ccc(O)c(OC4CCCC4)c2)(c2cc(O)cc(C4(NC)CCCC4)c2)[C@H](O)C[C@H]1CSSC3. The average molecular weight is 1010 g/mol. The molecule has 0 bridgehead atoms. The number of nitrogens with zero attached hydrogens (tertiary/aromatic N) is 1. The summed E-state index contributed by atoms with van der Waals surface area (Å²) >= 11 is 0. The number of methoxy groups -OCH3 is 1. The number of benzene rings is 5. The summed E-state index contributed by atoms with van der Waals surface area (Å²) in [5, 5.41) is 67.0. The highest BCUT2D eigenvalue weighted by Gasteiger charge is 2.58. The van der Waals surface area contributed by atoms with Gasteiger partial charge in [-0.1, -0.05) is 102 Å². The van der Waals surface area contributed by atoms with Gasteiger partial charge in [0.2, 0.25) is 0 Å². The Morgan fingerprint density at radius 1 is 0.833 bits per heavy atom. The van der Waals surface area contributed by atoms with E-state index in [1.54, 1.807) is 65.2 Å². The number of ether oxygens (including phenoxy) is 2. The molecule has 1 aliphatic heterocycles. The maximum absolute atomic E-state index is 16.7. The van der Waals surface area contributed by atoms with Crippen LogP contribution in [0.3, 0.4) is 0 Å². The van der Waals surface area contributed by atoms with Crippen molar-refractivity contribution < 1.29 is 39.8 Å². The lowest BCUT2D eigenvalue weighted by molar-refractivity contribution is -0.149. The number of phenolic OH excluding ortho intramolecular Hbond substituents is 3. The fraction of sp³-hybridized carbons (Fsp3) is 0.450. The summed E-state index contributed by atoms with van der Waals surface area (Å²) in [7, 11) is 6.93. The first kappa shape index (κ1) is 50.4. The van der Waals surface area contributed by atoms with Gasteiger partial charge in [0.25, 0.3) is 0 Å². The number of Topliss-reactive ketones (excluding diaryl/α,β-unsaturated/α-hetero) is 1. The van der Waals surface area contributed by atoms with Crippen molar-refractivity contribution in [3.63, 3.8) is 0 Å². The van der Waals surface area contributed by atoms with Gasteiger partial charge in [-0.3, -0.25) is 4.79 Å². The zero-order valence-electron chi connectivity index (χ0n) is 41.7. The number of ketones is 1. The first-order valence-electron chi connectivity index (χ1n) is 26.1. The maximum atomic E-state index is 16.7. The van der Waals surface area contributed by atoms with E-state index in [1.165, 1.54) is 22.1 Å². The third kappa shape index (κ3) is 9.63. The maximum Gasteiger partial charge on any atom is 0.164 e. The van der Waals surface area contributed by atoms with Crippen LogP contribution in [0.5, 0.6) is 28.7 Å². The summed E-state index contributed by atoms with van der Waals surface area (Å²) in [4.78, 5) is 21.2. The Morgan fingerprint density at radius 2 is 1.62 bits per heavy atom. The first-order chi connectivity index (χ1) is 34.9. The normalized spacial score (nSPS) is 24.8. The Balaban J connectivity index is 1.14. The molecule has 0 radical (unpaired) electrons. The molecule has 380 valence electrons. The van der Waals surface area contributed by atoms with Crippen LogP contribution in [0.25, 0.3) is 10.8 Å². The molecular weight excluding hydrogens is 941 g/mol. The van der Waals surface area contributed by atoms with E-state index in [1.807, 2.05) is 37.5 Å². The van der Waals surface area contributed by atoms with Crippen LogP contribution in [-0.4, -0.2) is 69.5 Å². The molecule has 2 heterocycles. The van der Waals surface area contributed by atoms with Gasteiger partial charge in [0.1, 0.15) is 5.75 Å². The van der Waals surface area contributed by atoms with E-state index < -0.39 is 40.9 Å². The highest BCUT2D eigenvalue weighted by molar-refractivity contribution is 8.76. The Kier molecular flexibility index (Phi) is 15.0. The van der Waals surface area contributed by atoms with Crippen molar-refractivity contribution >= 4 is 38.1 Å². The molecule has 0 unspecified atom stereocenters. The molecule has 3 aliphatic carbocycles. The number of nitrogens with one attached hydrogen (secondary N) is 1. The van der Waals surface area contributed by atoms with Crippen molar-refractivity contribution in [2.24, 2.45) is 17.8 Å².